The maximum atomic E-state index is 10.2. The lowest BCUT2D eigenvalue weighted by atomic mass is 9.98. The minimum absolute atomic E-state index is 0.454. The first-order valence-electron chi connectivity index (χ1n) is 3.13. The van der Waals surface area contributed by atoms with Crippen LogP contribution in [0, 0.1) is 0 Å². The largest absolute Gasteiger partial charge is 0.321 e. The lowest BCUT2D eigenvalue weighted by Crippen LogP contribution is -2.46. The molecular weight excluding hydrogens is 118 g/mol. The van der Waals surface area contributed by atoms with Crippen molar-refractivity contribution in [3.8, 4) is 0 Å². The summed E-state index contributed by atoms with van der Waals surface area (Å²) in [5, 5.41) is 20.5. The van der Waals surface area contributed by atoms with Gasteiger partial charge >= 0.3 is 0 Å². The Kier molecular flexibility index (Phi) is 3.77. The molecule has 0 aliphatic carbocycles. The van der Waals surface area contributed by atoms with Gasteiger partial charge in [-0.1, -0.05) is 13.3 Å². The summed E-state index contributed by atoms with van der Waals surface area (Å²) in [7, 11) is 0. The standard InChI is InChI=1S/C6H13NO2/c1-2-3-6(7,4-8)5-9/h2-5,7H2,1H3. The molecule has 0 aromatic carbocycles. The third-order valence-electron chi connectivity index (χ3n) is 1.32. The highest BCUT2D eigenvalue weighted by Gasteiger charge is 2.22. The molecule has 0 amide bonds. The number of hydrogen-bond donors (Lipinski definition) is 1. The maximum absolute atomic E-state index is 10.2. The van der Waals surface area contributed by atoms with Crippen molar-refractivity contribution in [2.75, 3.05) is 13.2 Å². The van der Waals surface area contributed by atoms with Gasteiger partial charge in [0.15, 0.2) is 0 Å². The van der Waals surface area contributed by atoms with Crippen LogP contribution in [-0.4, -0.2) is 18.8 Å². The fourth-order valence-corrected chi connectivity index (χ4v) is 0.684. The van der Waals surface area contributed by atoms with E-state index in [1.165, 1.54) is 0 Å². The molecule has 0 spiro atoms. The lowest BCUT2D eigenvalue weighted by Gasteiger charge is -2.20. The average molecular weight is 131 g/mol. The maximum Gasteiger partial charge on any atom is 0.103 e. The second-order valence-corrected chi connectivity index (χ2v) is 2.40. The van der Waals surface area contributed by atoms with Gasteiger partial charge in [0.2, 0.25) is 0 Å². The summed E-state index contributed by atoms with van der Waals surface area (Å²) < 4.78 is 0. The van der Waals surface area contributed by atoms with Crippen molar-refractivity contribution in [2.24, 2.45) is 5.73 Å². The molecule has 3 nitrogen and oxygen atoms in total. The van der Waals surface area contributed by atoms with E-state index in [0.29, 0.717) is 6.42 Å². The van der Waals surface area contributed by atoms with Crippen molar-refractivity contribution in [3.05, 3.63) is 0 Å². The monoisotopic (exact) mass is 131 g/mol. The Balaban J connectivity index is 3.62. The molecule has 0 aliphatic rings. The second-order valence-electron chi connectivity index (χ2n) is 2.40. The topological polar surface area (TPSA) is 65.8 Å². The van der Waals surface area contributed by atoms with Gasteiger partial charge in [0.1, 0.15) is 13.2 Å². The summed E-state index contributed by atoms with van der Waals surface area (Å²) in [4.78, 5) is 0. The molecule has 0 aromatic heterocycles. The number of nitrogens with two attached hydrogens (primary N) is 1. The molecule has 0 bridgehead atoms. The quantitative estimate of drug-likeness (QED) is 0.587. The van der Waals surface area contributed by atoms with Gasteiger partial charge < -0.3 is 5.73 Å². The first-order valence-corrected chi connectivity index (χ1v) is 3.13. The predicted molar refractivity (Wildman–Crippen MR) is 32.9 cm³/mol. The molecule has 0 heterocycles. The van der Waals surface area contributed by atoms with Crippen molar-refractivity contribution >= 4 is 0 Å². The lowest BCUT2D eigenvalue weighted by molar-refractivity contribution is 0.0438. The molecule has 9 heavy (non-hydrogen) atoms. The van der Waals surface area contributed by atoms with Crippen LogP contribution in [0.3, 0.4) is 0 Å². The SMILES string of the molecule is CCCC(N)(C[O])C[O]. The Morgan fingerprint density at radius 1 is 1.33 bits per heavy atom. The van der Waals surface area contributed by atoms with Crippen LogP contribution in [0.15, 0.2) is 0 Å². The van der Waals surface area contributed by atoms with Gasteiger partial charge in [-0.05, 0) is 6.42 Å². The molecule has 0 aromatic rings. The van der Waals surface area contributed by atoms with Gasteiger partial charge in [-0.3, -0.25) is 0 Å². The van der Waals surface area contributed by atoms with E-state index in [-0.39, 0.29) is 0 Å². The smallest absolute Gasteiger partial charge is 0.103 e. The van der Waals surface area contributed by atoms with Crippen molar-refractivity contribution in [3.63, 3.8) is 0 Å². The molecule has 0 atom stereocenters. The molecule has 54 valence electrons. The van der Waals surface area contributed by atoms with Gasteiger partial charge in [0.05, 0.1) is 5.54 Å². The Hall–Kier alpha value is -0.120. The summed E-state index contributed by atoms with van der Waals surface area (Å²) >= 11 is 0. The molecule has 0 rings (SSSR count). The van der Waals surface area contributed by atoms with Gasteiger partial charge in [0, 0.05) is 0 Å². The highest BCUT2D eigenvalue weighted by atomic mass is 16.3. The molecule has 2 N–H and O–H groups in total. The highest BCUT2D eigenvalue weighted by Crippen LogP contribution is 2.06. The van der Waals surface area contributed by atoms with E-state index in [1.807, 2.05) is 6.92 Å². The minimum atomic E-state index is -0.977. The van der Waals surface area contributed by atoms with Gasteiger partial charge in [0.25, 0.3) is 0 Å². The fourth-order valence-electron chi connectivity index (χ4n) is 0.684. The third kappa shape index (κ3) is 2.79. The summed E-state index contributed by atoms with van der Waals surface area (Å²) in [5.74, 6) is 0. The first kappa shape index (κ1) is 8.88. The molecule has 0 saturated carbocycles. The zero-order valence-corrected chi connectivity index (χ0v) is 5.72. The van der Waals surface area contributed by atoms with E-state index in [0.717, 1.165) is 6.42 Å². The fraction of sp³-hybridized carbons (Fsp3) is 1.00. The Labute approximate surface area is 55.5 Å². The van der Waals surface area contributed by atoms with Crippen LogP contribution in [0.5, 0.6) is 0 Å². The van der Waals surface area contributed by atoms with E-state index in [9.17, 15) is 10.2 Å². The number of hydrogen-bond acceptors (Lipinski definition) is 1. The van der Waals surface area contributed by atoms with Crippen LogP contribution < -0.4 is 5.73 Å². The molecule has 0 saturated heterocycles. The van der Waals surface area contributed by atoms with Crippen molar-refractivity contribution < 1.29 is 10.2 Å². The normalized spacial score (nSPS) is 12.0. The molecule has 3 heteroatoms. The summed E-state index contributed by atoms with van der Waals surface area (Å²) in [5.41, 5.74) is 4.40. The van der Waals surface area contributed by atoms with E-state index in [1.54, 1.807) is 0 Å². The zero-order chi connectivity index (χ0) is 7.33. The third-order valence-corrected chi connectivity index (χ3v) is 1.32. The molecule has 0 aliphatic heterocycles. The van der Waals surface area contributed by atoms with Crippen LogP contribution in [0.2, 0.25) is 0 Å². The van der Waals surface area contributed by atoms with E-state index >= 15 is 0 Å². The molecule has 0 unspecified atom stereocenters. The van der Waals surface area contributed by atoms with Crippen LogP contribution in [0.1, 0.15) is 19.8 Å². The highest BCUT2D eigenvalue weighted by molar-refractivity contribution is 4.80. The van der Waals surface area contributed by atoms with Gasteiger partial charge in [-0.15, -0.1) is 0 Å². The number of rotatable bonds is 4. The van der Waals surface area contributed by atoms with Crippen LogP contribution in [-0.2, 0) is 10.2 Å². The van der Waals surface area contributed by atoms with E-state index in [4.69, 9.17) is 5.73 Å². The molecule has 2 radical (unpaired) electrons. The second kappa shape index (κ2) is 3.82. The Morgan fingerprint density at radius 3 is 1.89 bits per heavy atom. The molecular formula is C6H13NO2. The van der Waals surface area contributed by atoms with Crippen LogP contribution in [0.25, 0.3) is 0 Å². The van der Waals surface area contributed by atoms with E-state index in [2.05, 4.69) is 0 Å². The van der Waals surface area contributed by atoms with Crippen LogP contribution >= 0.6 is 0 Å². The zero-order valence-electron chi connectivity index (χ0n) is 5.72. The van der Waals surface area contributed by atoms with Crippen molar-refractivity contribution in [2.45, 2.75) is 25.3 Å². The van der Waals surface area contributed by atoms with Crippen molar-refractivity contribution in [1.82, 2.24) is 0 Å². The predicted octanol–water partition coefficient (Wildman–Crippen LogP) is 0.345. The van der Waals surface area contributed by atoms with Gasteiger partial charge in [-0.2, -0.15) is 0 Å². The average Bonchev–Trinajstić information content (AvgIpc) is 1.89. The summed E-state index contributed by atoms with van der Waals surface area (Å²) in [6.45, 7) is 1.00. The Bertz CT molecular complexity index is 71.5. The van der Waals surface area contributed by atoms with E-state index < -0.39 is 18.8 Å². The first-order chi connectivity index (χ1) is 4.18. The van der Waals surface area contributed by atoms with Crippen LogP contribution in [0.4, 0.5) is 0 Å². The van der Waals surface area contributed by atoms with Crippen molar-refractivity contribution in [1.29, 1.82) is 0 Å². The van der Waals surface area contributed by atoms with Gasteiger partial charge in [-0.25, -0.2) is 10.2 Å². The minimum Gasteiger partial charge on any atom is -0.321 e. The Morgan fingerprint density at radius 2 is 1.78 bits per heavy atom. The summed E-state index contributed by atoms with van der Waals surface area (Å²) in [6.07, 6.45) is 1.35. The summed E-state index contributed by atoms with van der Waals surface area (Å²) in [6, 6.07) is 0. The molecule has 0 fully saturated rings.